The molecule has 0 N–H and O–H groups in total. The van der Waals surface area contributed by atoms with Crippen molar-refractivity contribution in [1.82, 2.24) is 14.6 Å². The number of rotatable bonds is 5. The van der Waals surface area contributed by atoms with E-state index in [1.165, 1.54) is 54.0 Å². The van der Waals surface area contributed by atoms with Crippen molar-refractivity contribution in [2.24, 2.45) is 6.66 Å². The van der Waals surface area contributed by atoms with Gasteiger partial charge < -0.3 is 0 Å². The average molecular weight is 670 g/mol. The Morgan fingerprint density at radius 3 is 1.69 bits per heavy atom. The average Bonchev–Trinajstić information content (AvgIpc) is 3.76. The van der Waals surface area contributed by atoms with E-state index in [0.29, 0.717) is 5.82 Å². The van der Waals surface area contributed by atoms with Crippen molar-refractivity contribution in [1.29, 1.82) is 0 Å². The van der Waals surface area contributed by atoms with Crippen LogP contribution in [0.15, 0.2) is 176 Å². The molecule has 0 fully saturated rings. The summed E-state index contributed by atoms with van der Waals surface area (Å²) in [7, 11) is -0.308. The fourth-order valence-corrected chi connectivity index (χ4v) is 9.63. The van der Waals surface area contributed by atoms with Gasteiger partial charge >= 0.3 is 0 Å². The first-order valence-corrected chi connectivity index (χ1v) is 19.1. The molecule has 4 heteroatoms. The minimum atomic E-state index is -0.308. The van der Waals surface area contributed by atoms with Crippen LogP contribution >= 0.6 is 7.53 Å². The summed E-state index contributed by atoms with van der Waals surface area (Å²) in [6.07, 6.45) is 2.08. The zero-order valence-corrected chi connectivity index (χ0v) is 28.9. The number of aryl methyl sites for hydroxylation is 1. The third-order valence-electron chi connectivity index (χ3n) is 10.2. The first-order chi connectivity index (χ1) is 25.2. The Morgan fingerprint density at radius 2 is 0.961 bits per heavy atom. The molecule has 3 heterocycles. The third kappa shape index (κ3) is 4.97. The second-order valence-corrected chi connectivity index (χ2v) is 15.3. The van der Waals surface area contributed by atoms with E-state index in [0.717, 1.165) is 33.5 Å². The Bertz CT molecular complexity index is 2900. The van der Waals surface area contributed by atoms with Crippen molar-refractivity contribution in [2.45, 2.75) is 0 Å². The second-order valence-electron chi connectivity index (χ2n) is 13.2. The molecule has 0 bridgehead atoms. The number of aromatic nitrogens is 3. The van der Waals surface area contributed by atoms with Crippen molar-refractivity contribution in [2.75, 3.05) is 0 Å². The number of nitrogens with zero attached hydrogens (tertiary/aromatic N) is 3. The SMILES string of the molecule is Cp1c2ccccc2c2cc(-c3ccc(-c4ccc(-c5nc6c(-c7ccccc7)cc(-c7ccccc7)cn6n5)cc4)c4ccccc34)ccc21. The van der Waals surface area contributed by atoms with Gasteiger partial charge in [-0.25, -0.2) is 9.50 Å². The number of benzene rings is 7. The van der Waals surface area contributed by atoms with Crippen LogP contribution in [-0.2, 0) is 6.66 Å². The monoisotopic (exact) mass is 669 g/mol. The van der Waals surface area contributed by atoms with Gasteiger partial charge in [0.05, 0.1) is 0 Å². The van der Waals surface area contributed by atoms with E-state index in [1.807, 2.05) is 16.6 Å². The van der Waals surface area contributed by atoms with Gasteiger partial charge in [0.1, 0.15) is 0 Å². The molecular formula is C47H32N3P. The van der Waals surface area contributed by atoms with Crippen LogP contribution < -0.4 is 0 Å². The standard InChI is InChI=1S/C47H32N3P/c1-51-44-19-11-10-18-41(44)43-28-35(24-27-45(43)51)38-26-25-37(39-16-8-9-17-40(38)39)33-20-22-34(23-21-33)46-48-47-42(32-14-6-3-7-15-32)29-36(30-50(47)49-46)31-12-4-2-5-13-31/h2-30H,1H3. The first kappa shape index (κ1) is 29.6. The first-order valence-electron chi connectivity index (χ1n) is 17.3. The molecule has 0 aliphatic rings. The zero-order valence-electron chi connectivity index (χ0n) is 28.0. The molecule has 51 heavy (non-hydrogen) atoms. The summed E-state index contributed by atoms with van der Waals surface area (Å²) in [6.45, 7) is 2.38. The highest BCUT2D eigenvalue weighted by molar-refractivity contribution is 7.59. The van der Waals surface area contributed by atoms with Gasteiger partial charge in [0.2, 0.25) is 0 Å². The summed E-state index contributed by atoms with van der Waals surface area (Å²) < 4.78 is 1.93. The van der Waals surface area contributed by atoms with Gasteiger partial charge in [0, 0.05) is 33.1 Å². The summed E-state index contributed by atoms with van der Waals surface area (Å²) >= 11 is 0. The summed E-state index contributed by atoms with van der Waals surface area (Å²) in [5, 5.41) is 13.2. The molecule has 0 aliphatic heterocycles. The van der Waals surface area contributed by atoms with Gasteiger partial charge in [-0.05, 0) is 79.8 Å². The van der Waals surface area contributed by atoms with Crippen molar-refractivity contribution >= 4 is 45.0 Å². The molecule has 240 valence electrons. The minimum Gasteiger partial charge on any atom is -0.219 e. The van der Waals surface area contributed by atoms with Crippen molar-refractivity contribution in [3.05, 3.63) is 176 Å². The largest absolute Gasteiger partial charge is 0.219 e. The Hall–Kier alpha value is -6.28. The molecule has 0 saturated carbocycles. The van der Waals surface area contributed by atoms with Crippen molar-refractivity contribution < 1.29 is 0 Å². The minimum absolute atomic E-state index is 0.308. The van der Waals surface area contributed by atoms with Crippen LogP contribution in [0.3, 0.4) is 0 Å². The number of hydrogen-bond acceptors (Lipinski definition) is 2. The van der Waals surface area contributed by atoms with Crippen LogP contribution in [0.5, 0.6) is 0 Å². The Labute approximate surface area is 297 Å². The predicted molar refractivity (Wildman–Crippen MR) is 216 cm³/mol. The van der Waals surface area contributed by atoms with E-state index < -0.39 is 0 Å². The Morgan fingerprint density at radius 1 is 0.412 bits per heavy atom. The molecule has 0 saturated heterocycles. The molecule has 3 aromatic heterocycles. The Balaban J connectivity index is 1.04. The van der Waals surface area contributed by atoms with Crippen LogP contribution in [0.2, 0.25) is 0 Å². The highest BCUT2D eigenvalue weighted by atomic mass is 31.1. The third-order valence-corrected chi connectivity index (χ3v) is 12.5. The topological polar surface area (TPSA) is 30.2 Å². The quantitative estimate of drug-likeness (QED) is 0.183. The highest BCUT2D eigenvalue weighted by Crippen LogP contribution is 2.48. The fourth-order valence-electron chi connectivity index (χ4n) is 7.66. The van der Waals surface area contributed by atoms with Crippen LogP contribution in [0.1, 0.15) is 0 Å². The molecular weight excluding hydrogens is 638 g/mol. The van der Waals surface area contributed by atoms with E-state index in [1.54, 1.807) is 0 Å². The maximum atomic E-state index is 5.09. The van der Waals surface area contributed by atoms with Crippen molar-refractivity contribution in [3.63, 3.8) is 0 Å². The van der Waals surface area contributed by atoms with Gasteiger partial charge in [-0.1, -0.05) is 152 Å². The molecule has 1 unspecified atom stereocenters. The zero-order chi connectivity index (χ0) is 33.9. The second kappa shape index (κ2) is 11.9. The van der Waals surface area contributed by atoms with E-state index >= 15 is 0 Å². The number of fused-ring (bicyclic) bond motifs is 5. The maximum Gasteiger partial charge on any atom is 0.182 e. The van der Waals surface area contributed by atoms with Crippen LogP contribution in [0, 0.1) is 0 Å². The fraction of sp³-hybridized carbons (Fsp3) is 0.0213. The van der Waals surface area contributed by atoms with E-state index in [-0.39, 0.29) is 7.53 Å². The lowest BCUT2D eigenvalue weighted by molar-refractivity contribution is 0.968. The predicted octanol–water partition coefficient (Wildman–Crippen LogP) is 13.0. The maximum absolute atomic E-state index is 5.09. The van der Waals surface area contributed by atoms with Crippen LogP contribution in [0.25, 0.3) is 93.3 Å². The summed E-state index contributed by atoms with van der Waals surface area (Å²) in [5.41, 5.74) is 11.1. The Kier molecular flexibility index (Phi) is 6.94. The van der Waals surface area contributed by atoms with E-state index in [4.69, 9.17) is 10.1 Å². The molecule has 0 aliphatic carbocycles. The number of hydrogen-bond donors (Lipinski definition) is 0. The van der Waals surface area contributed by atoms with Gasteiger partial charge in [-0.15, -0.1) is 12.6 Å². The van der Waals surface area contributed by atoms with Crippen LogP contribution in [-0.4, -0.2) is 14.6 Å². The smallest absolute Gasteiger partial charge is 0.182 e. The van der Waals surface area contributed by atoms with Gasteiger partial charge in [-0.2, -0.15) is 0 Å². The van der Waals surface area contributed by atoms with E-state index in [9.17, 15) is 0 Å². The molecule has 3 nitrogen and oxygen atoms in total. The highest BCUT2D eigenvalue weighted by Gasteiger charge is 2.16. The number of pyridine rings is 1. The molecule has 1 atom stereocenters. The molecule has 7 aromatic carbocycles. The van der Waals surface area contributed by atoms with Crippen LogP contribution in [0.4, 0.5) is 0 Å². The summed E-state index contributed by atoms with van der Waals surface area (Å²) in [4.78, 5) is 5.09. The summed E-state index contributed by atoms with van der Waals surface area (Å²) in [6, 6.07) is 61.2. The molecule has 10 rings (SSSR count). The van der Waals surface area contributed by atoms with Crippen molar-refractivity contribution in [3.8, 4) is 55.9 Å². The lowest BCUT2D eigenvalue weighted by Crippen LogP contribution is -1.93. The van der Waals surface area contributed by atoms with Gasteiger partial charge in [0.15, 0.2) is 11.5 Å². The summed E-state index contributed by atoms with van der Waals surface area (Å²) in [5.74, 6) is 0.707. The lowest BCUT2D eigenvalue weighted by Gasteiger charge is -2.13. The molecule has 0 radical (unpaired) electrons. The van der Waals surface area contributed by atoms with Gasteiger partial charge in [0.25, 0.3) is 0 Å². The normalized spacial score (nSPS) is 12.0. The lowest BCUT2D eigenvalue weighted by atomic mass is 9.91. The molecule has 0 spiro atoms. The molecule has 10 aromatic rings. The molecule has 0 amide bonds. The van der Waals surface area contributed by atoms with Gasteiger partial charge in [-0.3, -0.25) is 0 Å². The van der Waals surface area contributed by atoms with E-state index in [2.05, 4.69) is 171 Å².